The van der Waals surface area contributed by atoms with Crippen LogP contribution in [0, 0.1) is 0 Å². The van der Waals surface area contributed by atoms with Gasteiger partial charge in [0.15, 0.2) is 5.78 Å². The average Bonchev–Trinajstić information content (AvgIpc) is 2.03. The molecule has 0 spiro atoms. The Morgan fingerprint density at radius 1 is 1.36 bits per heavy atom. The lowest BCUT2D eigenvalue weighted by Crippen LogP contribution is -2.48. The maximum absolute atomic E-state index is 11.4. The molecule has 0 aromatic rings. The number of ketones is 1. The highest BCUT2D eigenvalue weighted by Crippen LogP contribution is 2.11. The lowest BCUT2D eigenvalue weighted by molar-refractivity contribution is -0.124. The third-order valence-electron chi connectivity index (χ3n) is 2.21. The lowest BCUT2D eigenvalue weighted by Gasteiger charge is -2.26. The minimum atomic E-state index is -0.288. The molecule has 0 fully saturated rings. The Labute approximate surface area is 69.4 Å². The van der Waals surface area contributed by atoms with E-state index >= 15 is 0 Å². The Bertz CT molecular complexity index is 134. The number of rotatable bonds is 5. The molecule has 0 bridgehead atoms. The number of carbonyl (C=O) groups excluding carboxylic acids is 1. The second kappa shape index (κ2) is 4.50. The predicted molar refractivity (Wildman–Crippen MR) is 47.7 cm³/mol. The molecule has 0 rings (SSSR count). The van der Waals surface area contributed by atoms with Crippen molar-refractivity contribution in [1.82, 2.24) is 5.32 Å². The first-order valence-electron chi connectivity index (χ1n) is 4.39. The van der Waals surface area contributed by atoms with E-state index in [-0.39, 0.29) is 5.54 Å². The van der Waals surface area contributed by atoms with Crippen molar-refractivity contribution < 1.29 is 4.79 Å². The molecule has 11 heavy (non-hydrogen) atoms. The van der Waals surface area contributed by atoms with Gasteiger partial charge in [-0.25, -0.2) is 0 Å². The normalized spacial score (nSPS) is 16.0. The molecule has 2 heteroatoms. The van der Waals surface area contributed by atoms with Crippen molar-refractivity contribution >= 4 is 5.78 Å². The maximum atomic E-state index is 11.4. The zero-order chi connectivity index (χ0) is 8.91. The number of carbonyl (C=O) groups is 1. The molecule has 0 saturated carbocycles. The van der Waals surface area contributed by atoms with Crippen molar-refractivity contribution in [3.05, 3.63) is 0 Å². The molecule has 0 saturated heterocycles. The summed E-state index contributed by atoms with van der Waals surface area (Å²) in [6.07, 6.45) is 1.49. The molecule has 0 aliphatic heterocycles. The molecule has 0 amide bonds. The van der Waals surface area contributed by atoms with Crippen molar-refractivity contribution in [1.29, 1.82) is 0 Å². The van der Waals surface area contributed by atoms with Crippen LogP contribution in [0.25, 0.3) is 0 Å². The third-order valence-corrected chi connectivity index (χ3v) is 2.21. The summed E-state index contributed by atoms with van der Waals surface area (Å²) in [5.74, 6) is 0.307. The fraction of sp³-hybridized carbons (Fsp3) is 0.889. The molecule has 1 atom stereocenters. The van der Waals surface area contributed by atoms with E-state index in [1.165, 1.54) is 0 Å². The zero-order valence-corrected chi connectivity index (χ0v) is 8.03. The SMILES string of the molecule is CCN[C@@](C)(CC)C(=O)CC. The van der Waals surface area contributed by atoms with Gasteiger partial charge in [0.25, 0.3) is 0 Å². The van der Waals surface area contributed by atoms with Gasteiger partial charge in [-0.1, -0.05) is 20.8 Å². The van der Waals surface area contributed by atoms with Gasteiger partial charge in [-0.3, -0.25) is 4.79 Å². The molecule has 66 valence electrons. The minimum Gasteiger partial charge on any atom is -0.305 e. The van der Waals surface area contributed by atoms with Gasteiger partial charge in [0.05, 0.1) is 5.54 Å². The summed E-state index contributed by atoms with van der Waals surface area (Å²) in [6, 6.07) is 0. The second-order valence-electron chi connectivity index (χ2n) is 2.99. The van der Waals surface area contributed by atoms with Crippen molar-refractivity contribution in [2.75, 3.05) is 6.54 Å². The smallest absolute Gasteiger partial charge is 0.152 e. The van der Waals surface area contributed by atoms with E-state index in [4.69, 9.17) is 0 Å². The second-order valence-corrected chi connectivity index (χ2v) is 2.99. The van der Waals surface area contributed by atoms with E-state index < -0.39 is 0 Å². The molecular weight excluding hydrogens is 138 g/mol. The topological polar surface area (TPSA) is 29.1 Å². The molecule has 0 aliphatic rings. The molecule has 1 N–H and O–H groups in total. The number of nitrogens with one attached hydrogen (secondary N) is 1. The predicted octanol–water partition coefficient (Wildman–Crippen LogP) is 1.74. The summed E-state index contributed by atoms with van der Waals surface area (Å²) < 4.78 is 0. The van der Waals surface area contributed by atoms with Crippen LogP contribution in [0.4, 0.5) is 0 Å². The highest BCUT2D eigenvalue weighted by Gasteiger charge is 2.27. The number of hydrogen-bond donors (Lipinski definition) is 1. The van der Waals surface area contributed by atoms with Gasteiger partial charge < -0.3 is 5.32 Å². The molecule has 0 heterocycles. The van der Waals surface area contributed by atoms with Crippen molar-refractivity contribution in [2.45, 2.75) is 46.1 Å². The van der Waals surface area contributed by atoms with Crippen LogP contribution >= 0.6 is 0 Å². The Morgan fingerprint density at radius 2 is 1.91 bits per heavy atom. The van der Waals surface area contributed by atoms with Crippen LogP contribution in [-0.2, 0) is 4.79 Å². The monoisotopic (exact) mass is 157 g/mol. The van der Waals surface area contributed by atoms with Gasteiger partial charge >= 0.3 is 0 Å². The summed E-state index contributed by atoms with van der Waals surface area (Å²) in [6.45, 7) is 8.80. The first-order valence-corrected chi connectivity index (χ1v) is 4.39. The molecule has 0 unspecified atom stereocenters. The summed E-state index contributed by atoms with van der Waals surface area (Å²) in [5, 5.41) is 3.21. The van der Waals surface area contributed by atoms with Crippen LogP contribution < -0.4 is 5.32 Å². The van der Waals surface area contributed by atoms with Crippen molar-refractivity contribution in [3.8, 4) is 0 Å². The zero-order valence-electron chi connectivity index (χ0n) is 8.03. The summed E-state index contributed by atoms with van der Waals surface area (Å²) in [7, 11) is 0. The quantitative estimate of drug-likeness (QED) is 0.658. The Morgan fingerprint density at radius 3 is 2.18 bits per heavy atom. The molecular formula is C9H19NO. The van der Waals surface area contributed by atoms with E-state index in [1.807, 2.05) is 27.7 Å². The highest BCUT2D eigenvalue weighted by atomic mass is 16.1. The maximum Gasteiger partial charge on any atom is 0.152 e. The third kappa shape index (κ3) is 2.62. The summed E-state index contributed by atoms with van der Waals surface area (Å²) in [5.41, 5.74) is -0.288. The molecule has 2 nitrogen and oxygen atoms in total. The largest absolute Gasteiger partial charge is 0.305 e. The molecule has 0 aromatic heterocycles. The van der Waals surface area contributed by atoms with E-state index in [2.05, 4.69) is 5.32 Å². The van der Waals surface area contributed by atoms with Crippen LogP contribution in [0.2, 0.25) is 0 Å². The first kappa shape index (κ1) is 10.6. The number of hydrogen-bond acceptors (Lipinski definition) is 2. The summed E-state index contributed by atoms with van der Waals surface area (Å²) in [4.78, 5) is 11.4. The van der Waals surface area contributed by atoms with Gasteiger partial charge in [-0.15, -0.1) is 0 Å². The van der Waals surface area contributed by atoms with Crippen molar-refractivity contribution in [2.24, 2.45) is 0 Å². The minimum absolute atomic E-state index is 0.288. The first-order chi connectivity index (χ1) is 5.10. The number of Topliss-reactive ketones (excluding diaryl/α,β-unsaturated/α-hetero) is 1. The van der Waals surface area contributed by atoms with Gasteiger partial charge in [0.2, 0.25) is 0 Å². The Hall–Kier alpha value is -0.370. The Kier molecular flexibility index (Phi) is 4.34. The fourth-order valence-corrected chi connectivity index (χ4v) is 1.20. The van der Waals surface area contributed by atoms with Gasteiger partial charge in [-0.2, -0.15) is 0 Å². The molecule has 0 aliphatic carbocycles. The van der Waals surface area contributed by atoms with Crippen molar-refractivity contribution in [3.63, 3.8) is 0 Å². The summed E-state index contributed by atoms with van der Waals surface area (Å²) >= 11 is 0. The van der Waals surface area contributed by atoms with Crippen LogP contribution in [0.3, 0.4) is 0 Å². The fourth-order valence-electron chi connectivity index (χ4n) is 1.20. The average molecular weight is 157 g/mol. The lowest BCUT2D eigenvalue weighted by atomic mass is 9.92. The van der Waals surface area contributed by atoms with E-state index in [0.717, 1.165) is 13.0 Å². The Balaban J connectivity index is 4.19. The van der Waals surface area contributed by atoms with Gasteiger partial charge in [-0.05, 0) is 19.9 Å². The molecule has 0 aromatic carbocycles. The van der Waals surface area contributed by atoms with E-state index in [0.29, 0.717) is 12.2 Å². The van der Waals surface area contributed by atoms with Crippen LogP contribution in [0.1, 0.15) is 40.5 Å². The van der Waals surface area contributed by atoms with Crippen LogP contribution in [0.15, 0.2) is 0 Å². The highest BCUT2D eigenvalue weighted by molar-refractivity contribution is 5.87. The van der Waals surface area contributed by atoms with Gasteiger partial charge in [0.1, 0.15) is 0 Å². The van der Waals surface area contributed by atoms with E-state index in [1.54, 1.807) is 0 Å². The van der Waals surface area contributed by atoms with Crippen LogP contribution in [-0.4, -0.2) is 17.9 Å². The van der Waals surface area contributed by atoms with Gasteiger partial charge in [0, 0.05) is 6.42 Å². The molecule has 0 radical (unpaired) electrons. The van der Waals surface area contributed by atoms with E-state index in [9.17, 15) is 4.79 Å². The number of likely N-dealkylation sites (N-methyl/N-ethyl adjacent to an activating group) is 1. The standard InChI is InChI=1S/C9H19NO/c1-5-8(11)9(4,6-2)10-7-3/h10H,5-7H2,1-4H3/t9-/m0/s1. The van der Waals surface area contributed by atoms with Crippen LogP contribution in [0.5, 0.6) is 0 Å².